The van der Waals surface area contributed by atoms with Gasteiger partial charge in [-0.05, 0) is 49.9 Å². The molecular formula is C16H19NO3. The Labute approximate surface area is 118 Å². The summed E-state index contributed by atoms with van der Waals surface area (Å²) in [7, 11) is 0. The minimum atomic E-state index is -0.215. The normalized spacial score (nSPS) is 21.7. The van der Waals surface area contributed by atoms with E-state index in [2.05, 4.69) is 17.2 Å². The highest BCUT2D eigenvalue weighted by Crippen LogP contribution is 2.18. The lowest BCUT2D eigenvalue weighted by Gasteiger charge is -2.26. The highest BCUT2D eigenvalue weighted by molar-refractivity contribution is 5.94. The molecule has 1 aliphatic rings. The summed E-state index contributed by atoms with van der Waals surface area (Å²) in [6, 6.07) is 7.15. The summed E-state index contributed by atoms with van der Waals surface area (Å²) in [4.78, 5) is 12.1. The number of rotatable bonds is 2. The molecule has 4 heteroatoms. The van der Waals surface area contributed by atoms with Gasteiger partial charge in [0.05, 0.1) is 6.10 Å². The fraction of sp³-hybridized carbons (Fsp3) is 0.438. The van der Waals surface area contributed by atoms with Crippen LogP contribution in [0.2, 0.25) is 0 Å². The average Bonchev–Trinajstić information content (AvgIpc) is 2.48. The van der Waals surface area contributed by atoms with Gasteiger partial charge in [-0.2, -0.15) is 0 Å². The number of aliphatic hydroxyl groups is 2. The Kier molecular flexibility index (Phi) is 5.16. The number of carbonyl (C=O) groups is 1. The summed E-state index contributed by atoms with van der Waals surface area (Å²) in [6.07, 6.45) is 2.94. The third-order valence-corrected chi connectivity index (χ3v) is 3.49. The van der Waals surface area contributed by atoms with Crippen molar-refractivity contribution < 1.29 is 15.0 Å². The van der Waals surface area contributed by atoms with Gasteiger partial charge < -0.3 is 15.5 Å². The van der Waals surface area contributed by atoms with E-state index in [-0.39, 0.29) is 24.7 Å². The van der Waals surface area contributed by atoms with E-state index in [1.54, 1.807) is 24.3 Å². The molecule has 1 aromatic carbocycles. The highest BCUT2D eigenvalue weighted by Gasteiger charge is 2.21. The van der Waals surface area contributed by atoms with Crippen molar-refractivity contribution in [1.29, 1.82) is 0 Å². The standard InChI is InChI=1S/C16H19NO3/c18-11-1-2-12-3-5-13(6-4-12)16(20)17-14-7-9-15(19)10-8-14/h3-6,14-15,18-19H,7-11H2,(H,17,20). The lowest BCUT2D eigenvalue weighted by molar-refractivity contribution is 0.0867. The van der Waals surface area contributed by atoms with Crippen molar-refractivity contribution in [2.75, 3.05) is 6.61 Å². The minimum absolute atomic E-state index is 0.0898. The van der Waals surface area contributed by atoms with E-state index in [1.165, 1.54) is 0 Å². The predicted octanol–water partition coefficient (Wildman–Crippen LogP) is 1.06. The summed E-state index contributed by atoms with van der Waals surface area (Å²) >= 11 is 0. The maximum Gasteiger partial charge on any atom is 0.251 e. The van der Waals surface area contributed by atoms with E-state index in [0.717, 1.165) is 31.2 Å². The Bertz CT molecular complexity index is 505. The molecule has 0 unspecified atom stereocenters. The number of amides is 1. The van der Waals surface area contributed by atoms with Crippen molar-refractivity contribution in [3.8, 4) is 11.8 Å². The first kappa shape index (κ1) is 14.6. The molecule has 0 saturated heterocycles. The SMILES string of the molecule is O=C(NC1CCC(O)CC1)c1ccc(C#CCO)cc1. The molecule has 3 N–H and O–H groups in total. The van der Waals surface area contributed by atoms with Crippen LogP contribution in [0.5, 0.6) is 0 Å². The van der Waals surface area contributed by atoms with E-state index in [1.807, 2.05) is 0 Å². The largest absolute Gasteiger partial charge is 0.393 e. The first-order valence-electron chi connectivity index (χ1n) is 6.88. The molecule has 0 bridgehead atoms. The molecule has 0 aromatic heterocycles. The number of hydrogen-bond donors (Lipinski definition) is 3. The fourth-order valence-electron chi connectivity index (χ4n) is 2.34. The monoisotopic (exact) mass is 273 g/mol. The van der Waals surface area contributed by atoms with Crippen LogP contribution in [0.1, 0.15) is 41.6 Å². The molecule has 1 fully saturated rings. The Morgan fingerprint density at radius 1 is 1.20 bits per heavy atom. The van der Waals surface area contributed by atoms with Gasteiger partial charge in [0.1, 0.15) is 6.61 Å². The molecule has 4 nitrogen and oxygen atoms in total. The molecule has 1 saturated carbocycles. The predicted molar refractivity (Wildman–Crippen MR) is 76.1 cm³/mol. The van der Waals surface area contributed by atoms with Gasteiger partial charge >= 0.3 is 0 Å². The fourth-order valence-corrected chi connectivity index (χ4v) is 2.34. The molecule has 2 rings (SSSR count). The van der Waals surface area contributed by atoms with Gasteiger partial charge in [-0.15, -0.1) is 0 Å². The van der Waals surface area contributed by atoms with Gasteiger partial charge in [0, 0.05) is 17.2 Å². The van der Waals surface area contributed by atoms with Crippen LogP contribution < -0.4 is 5.32 Å². The second-order valence-electron chi connectivity index (χ2n) is 5.02. The van der Waals surface area contributed by atoms with E-state index in [9.17, 15) is 9.90 Å². The zero-order valence-electron chi connectivity index (χ0n) is 11.3. The van der Waals surface area contributed by atoms with Crippen molar-refractivity contribution in [1.82, 2.24) is 5.32 Å². The first-order valence-corrected chi connectivity index (χ1v) is 6.88. The summed E-state index contributed by atoms with van der Waals surface area (Å²) in [5, 5.41) is 21.0. The van der Waals surface area contributed by atoms with E-state index >= 15 is 0 Å². The van der Waals surface area contributed by atoms with Crippen molar-refractivity contribution in [2.24, 2.45) is 0 Å². The molecule has 20 heavy (non-hydrogen) atoms. The van der Waals surface area contributed by atoms with Gasteiger partial charge in [0.2, 0.25) is 0 Å². The van der Waals surface area contributed by atoms with Crippen LogP contribution in [0.3, 0.4) is 0 Å². The van der Waals surface area contributed by atoms with Crippen LogP contribution in [0.4, 0.5) is 0 Å². The van der Waals surface area contributed by atoms with Gasteiger partial charge in [-0.3, -0.25) is 4.79 Å². The van der Waals surface area contributed by atoms with Crippen LogP contribution in [0, 0.1) is 11.8 Å². The summed E-state index contributed by atoms with van der Waals surface area (Å²) in [5.41, 5.74) is 1.38. The third-order valence-electron chi connectivity index (χ3n) is 3.49. The third kappa shape index (κ3) is 4.09. The molecule has 0 radical (unpaired) electrons. The van der Waals surface area contributed by atoms with Crippen LogP contribution in [0.15, 0.2) is 24.3 Å². The zero-order valence-corrected chi connectivity index (χ0v) is 11.3. The molecular weight excluding hydrogens is 254 g/mol. The maximum absolute atomic E-state index is 12.1. The zero-order chi connectivity index (χ0) is 14.4. The average molecular weight is 273 g/mol. The van der Waals surface area contributed by atoms with Gasteiger partial charge in [0.15, 0.2) is 0 Å². The second-order valence-corrected chi connectivity index (χ2v) is 5.02. The second kappa shape index (κ2) is 7.09. The molecule has 0 atom stereocenters. The van der Waals surface area contributed by atoms with E-state index < -0.39 is 0 Å². The van der Waals surface area contributed by atoms with Gasteiger partial charge in [0.25, 0.3) is 5.91 Å². The van der Waals surface area contributed by atoms with Crippen molar-refractivity contribution in [3.63, 3.8) is 0 Å². The van der Waals surface area contributed by atoms with Crippen molar-refractivity contribution >= 4 is 5.91 Å². The summed E-state index contributed by atoms with van der Waals surface area (Å²) in [5.74, 6) is 5.26. The maximum atomic E-state index is 12.1. The van der Waals surface area contributed by atoms with Crippen LogP contribution in [0.25, 0.3) is 0 Å². The smallest absolute Gasteiger partial charge is 0.251 e. The highest BCUT2D eigenvalue weighted by atomic mass is 16.3. The van der Waals surface area contributed by atoms with Crippen LogP contribution in [-0.2, 0) is 0 Å². The van der Waals surface area contributed by atoms with Gasteiger partial charge in [-0.1, -0.05) is 11.8 Å². The number of hydrogen-bond acceptors (Lipinski definition) is 3. The summed E-state index contributed by atoms with van der Waals surface area (Å²) < 4.78 is 0. The topological polar surface area (TPSA) is 69.6 Å². The lowest BCUT2D eigenvalue weighted by Crippen LogP contribution is -2.38. The quantitative estimate of drug-likeness (QED) is 0.706. The van der Waals surface area contributed by atoms with E-state index in [4.69, 9.17) is 5.11 Å². The number of carbonyl (C=O) groups excluding carboxylic acids is 1. The number of nitrogens with one attached hydrogen (secondary N) is 1. The van der Waals surface area contributed by atoms with Crippen molar-refractivity contribution in [2.45, 2.75) is 37.8 Å². The Balaban J connectivity index is 1.92. The molecule has 1 aliphatic carbocycles. The molecule has 106 valence electrons. The van der Waals surface area contributed by atoms with Gasteiger partial charge in [-0.25, -0.2) is 0 Å². The molecule has 1 amide bonds. The van der Waals surface area contributed by atoms with Crippen LogP contribution >= 0.6 is 0 Å². The Morgan fingerprint density at radius 2 is 1.85 bits per heavy atom. The molecule has 0 aliphatic heterocycles. The number of aliphatic hydroxyl groups excluding tert-OH is 2. The lowest BCUT2D eigenvalue weighted by atomic mass is 9.93. The first-order chi connectivity index (χ1) is 9.69. The van der Waals surface area contributed by atoms with E-state index in [0.29, 0.717) is 5.56 Å². The molecule has 0 heterocycles. The molecule has 1 aromatic rings. The van der Waals surface area contributed by atoms with Crippen molar-refractivity contribution in [3.05, 3.63) is 35.4 Å². The van der Waals surface area contributed by atoms with Crippen LogP contribution in [-0.4, -0.2) is 34.9 Å². The minimum Gasteiger partial charge on any atom is -0.393 e. The number of benzene rings is 1. The Hall–Kier alpha value is -1.83. The molecule has 0 spiro atoms. The Morgan fingerprint density at radius 3 is 2.45 bits per heavy atom. The summed E-state index contributed by atoms with van der Waals surface area (Å²) in [6.45, 7) is -0.171.